The molecule has 2 aromatic rings. The Balaban J connectivity index is 1.69. The van der Waals surface area contributed by atoms with E-state index >= 15 is 0 Å². The Bertz CT molecular complexity index is 640. The second kappa shape index (κ2) is 5.17. The molecule has 21 heavy (non-hydrogen) atoms. The van der Waals surface area contributed by atoms with Gasteiger partial charge < -0.3 is 4.90 Å². The highest BCUT2D eigenvalue weighted by Gasteiger charge is 2.40. The summed E-state index contributed by atoms with van der Waals surface area (Å²) in [4.78, 5) is 20.9. The SMILES string of the molecule is O=C1[C@@H](Sc2nc3ncccn3n2)CCN1CC(F)(F)F. The summed E-state index contributed by atoms with van der Waals surface area (Å²) < 4.78 is 38.5. The third-order valence-electron chi connectivity index (χ3n) is 2.96. The van der Waals surface area contributed by atoms with E-state index in [2.05, 4.69) is 15.1 Å². The minimum Gasteiger partial charge on any atom is -0.333 e. The molecule has 3 rings (SSSR count). The van der Waals surface area contributed by atoms with E-state index in [1.807, 2.05) is 0 Å². The summed E-state index contributed by atoms with van der Waals surface area (Å²) in [6.45, 7) is -1.11. The number of carbonyl (C=O) groups excluding carboxylic acids is 1. The van der Waals surface area contributed by atoms with Crippen LogP contribution in [0.5, 0.6) is 0 Å². The molecule has 0 radical (unpaired) electrons. The standard InChI is InChI=1S/C11H10F3N5OS/c12-11(13,14)6-18-5-2-7(8(18)20)21-10-16-9-15-3-1-4-19(9)17-10/h1,3-4,7H,2,5-6H2/t7-/m0/s1. The van der Waals surface area contributed by atoms with Crippen molar-refractivity contribution in [3.63, 3.8) is 0 Å². The van der Waals surface area contributed by atoms with Crippen molar-refractivity contribution < 1.29 is 18.0 Å². The number of fused-ring (bicyclic) bond motifs is 1. The van der Waals surface area contributed by atoms with E-state index < -0.39 is 23.9 Å². The van der Waals surface area contributed by atoms with E-state index in [-0.39, 0.29) is 6.54 Å². The number of aromatic nitrogens is 4. The molecule has 0 unspecified atom stereocenters. The third-order valence-corrected chi connectivity index (χ3v) is 4.07. The Morgan fingerprint density at radius 3 is 2.95 bits per heavy atom. The van der Waals surface area contributed by atoms with Gasteiger partial charge in [0.05, 0.1) is 5.25 Å². The molecule has 0 aliphatic carbocycles. The van der Waals surface area contributed by atoms with Crippen LogP contribution in [0.25, 0.3) is 5.78 Å². The maximum absolute atomic E-state index is 12.3. The van der Waals surface area contributed by atoms with Crippen LogP contribution in [0.1, 0.15) is 6.42 Å². The van der Waals surface area contributed by atoms with Gasteiger partial charge in [-0.25, -0.2) is 9.50 Å². The molecule has 0 spiro atoms. The summed E-state index contributed by atoms with van der Waals surface area (Å²) in [5, 5.41) is 3.88. The van der Waals surface area contributed by atoms with Gasteiger partial charge in [0.15, 0.2) is 0 Å². The minimum atomic E-state index is -4.37. The van der Waals surface area contributed by atoms with Crippen LogP contribution in [-0.2, 0) is 4.79 Å². The van der Waals surface area contributed by atoms with E-state index in [0.717, 1.165) is 16.7 Å². The molecule has 1 saturated heterocycles. The number of thioether (sulfide) groups is 1. The lowest BCUT2D eigenvalue weighted by atomic mass is 10.4. The minimum absolute atomic E-state index is 0.0988. The first-order chi connectivity index (χ1) is 9.92. The molecule has 3 heterocycles. The van der Waals surface area contributed by atoms with Crippen molar-refractivity contribution in [1.29, 1.82) is 0 Å². The van der Waals surface area contributed by atoms with Crippen molar-refractivity contribution in [2.75, 3.05) is 13.1 Å². The highest BCUT2D eigenvalue weighted by molar-refractivity contribution is 8.00. The Hall–Kier alpha value is -1.84. The third kappa shape index (κ3) is 3.09. The fourth-order valence-corrected chi connectivity index (χ4v) is 3.08. The molecule has 0 N–H and O–H groups in total. The van der Waals surface area contributed by atoms with Crippen LogP contribution in [0.2, 0.25) is 0 Å². The molecule has 0 bridgehead atoms. The molecule has 10 heteroatoms. The van der Waals surface area contributed by atoms with Gasteiger partial charge in [0.25, 0.3) is 5.78 Å². The number of likely N-dealkylation sites (tertiary alicyclic amines) is 1. The first kappa shape index (κ1) is 14.1. The summed E-state index contributed by atoms with van der Waals surface area (Å²) in [5.74, 6) is -0.137. The van der Waals surface area contributed by atoms with E-state index in [4.69, 9.17) is 0 Å². The predicted octanol–water partition coefficient (Wildman–Crippen LogP) is 1.38. The molecule has 1 fully saturated rings. The molecule has 1 aliphatic heterocycles. The fourth-order valence-electron chi connectivity index (χ4n) is 2.08. The maximum Gasteiger partial charge on any atom is 0.406 e. The van der Waals surface area contributed by atoms with Gasteiger partial charge in [0.2, 0.25) is 11.1 Å². The molecule has 1 aliphatic rings. The topological polar surface area (TPSA) is 63.4 Å². The second-order valence-electron chi connectivity index (χ2n) is 4.53. The van der Waals surface area contributed by atoms with Gasteiger partial charge in [0, 0.05) is 18.9 Å². The van der Waals surface area contributed by atoms with Gasteiger partial charge in [-0.05, 0) is 12.5 Å². The van der Waals surface area contributed by atoms with Crippen LogP contribution in [0.3, 0.4) is 0 Å². The first-order valence-corrected chi connectivity index (χ1v) is 7.00. The van der Waals surface area contributed by atoms with Crippen molar-refractivity contribution in [2.45, 2.75) is 23.0 Å². The Morgan fingerprint density at radius 2 is 2.24 bits per heavy atom. The van der Waals surface area contributed by atoms with Gasteiger partial charge in [-0.2, -0.15) is 18.2 Å². The highest BCUT2D eigenvalue weighted by Crippen LogP contribution is 2.30. The van der Waals surface area contributed by atoms with Crippen LogP contribution >= 0.6 is 11.8 Å². The van der Waals surface area contributed by atoms with Crippen molar-refractivity contribution in [1.82, 2.24) is 24.5 Å². The van der Waals surface area contributed by atoms with Crippen molar-refractivity contribution in [3.05, 3.63) is 18.5 Å². The molecule has 0 aromatic carbocycles. The smallest absolute Gasteiger partial charge is 0.333 e. The largest absolute Gasteiger partial charge is 0.406 e. The van der Waals surface area contributed by atoms with E-state index in [1.165, 1.54) is 4.52 Å². The van der Waals surface area contributed by atoms with Crippen LogP contribution in [0.15, 0.2) is 23.6 Å². The van der Waals surface area contributed by atoms with Gasteiger partial charge in [-0.1, -0.05) is 11.8 Å². The van der Waals surface area contributed by atoms with Crippen LogP contribution in [0, 0.1) is 0 Å². The quantitative estimate of drug-likeness (QED) is 0.856. The first-order valence-electron chi connectivity index (χ1n) is 6.12. The summed E-state index contributed by atoms with van der Waals surface area (Å²) in [5.41, 5.74) is 0. The van der Waals surface area contributed by atoms with E-state index in [9.17, 15) is 18.0 Å². The molecule has 6 nitrogen and oxygen atoms in total. The molecular weight excluding hydrogens is 307 g/mol. The number of alkyl halides is 3. The predicted molar refractivity (Wildman–Crippen MR) is 67.7 cm³/mol. The van der Waals surface area contributed by atoms with Crippen LogP contribution < -0.4 is 0 Å². The molecule has 112 valence electrons. The van der Waals surface area contributed by atoms with Crippen molar-refractivity contribution >= 4 is 23.4 Å². The Morgan fingerprint density at radius 1 is 1.43 bits per heavy atom. The van der Waals surface area contributed by atoms with Crippen molar-refractivity contribution in [3.8, 4) is 0 Å². The van der Waals surface area contributed by atoms with Crippen LogP contribution in [0.4, 0.5) is 13.2 Å². The average molecular weight is 317 g/mol. The van der Waals surface area contributed by atoms with Gasteiger partial charge in [-0.15, -0.1) is 5.10 Å². The number of halogens is 3. The van der Waals surface area contributed by atoms with Gasteiger partial charge in [-0.3, -0.25) is 4.79 Å². The normalized spacial score (nSPS) is 19.7. The lowest BCUT2D eigenvalue weighted by Crippen LogP contribution is -2.36. The average Bonchev–Trinajstić information content (AvgIpc) is 2.95. The molecule has 1 amide bonds. The monoisotopic (exact) mass is 317 g/mol. The number of nitrogens with zero attached hydrogens (tertiary/aromatic N) is 5. The van der Waals surface area contributed by atoms with E-state index in [1.54, 1.807) is 18.5 Å². The highest BCUT2D eigenvalue weighted by atomic mass is 32.2. The van der Waals surface area contributed by atoms with Gasteiger partial charge >= 0.3 is 6.18 Å². The maximum atomic E-state index is 12.3. The number of hydrogen-bond donors (Lipinski definition) is 0. The molecule has 0 saturated carbocycles. The zero-order valence-corrected chi connectivity index (χ0v) is 11.4. The summed E-state index contributed by atoms with van der Waals surface area (Å²) in [6.07, 6.45) is -0.806. The van der Waals surface area contributed by atoms with Crippen molar-refractivity contribution in [2.24, 2.45) is 0 Å². The molecule has 2 aromatic heterocycles. The molecule has 1 atom stereocenters. The van der Waals surface area contributed by atoms with Crippen LogP contribution in [-0.4, -0.2) is 54.9 Å². The fraction of sp³-hybridized carbons (Fsp3) is 0.455. The number of carbonyl (C=O) groups is 1. The Kier molecular flexibility index (Phi) is 3.47. The summed E-state index contributed by atoms with van der Waals surface area (Å²) >= 11 is 1.07. The zero-order valence-electron chi connectivity index (χ0n) is 10.6. The second-order valence-corrected chi connectivity index (χ2v) is 5.70. The summed E-state index contributed by atoms with van der Waals surface area (Å²) in [6, 6.07) is 1.68. The zero-order chi connectivity index (χ0) is 15.0. The van der Waals surface area contributed by atoms with Gasteiger partial charge in [0.1, 0.15) is 6.54 Å². The van der Waals surface area contributed by atoms with E-state index in [0.29, 0.717) is 17.4 Å². The number of amides is 1. The number of rotatable bonds is 3. The lowest BCUT2D eigenvalue weighted by molar-refractivity contribution is -0.157. The molecular formula is C11H10F3N5OS. The Labute approximate surface area is 121 Å². The summed E-state index contributed by atoms with van der Waals surface area (Å²) in [7, 11) is 0. The number of hydrogen-bond acceptors (Lipinski definition) is 5. The lowest BCUT2D eigenvalue weighted by Gasteiger charge is -2.17.